The molecular weight excluding hydrogens is 140 g/mol. The molecule has 2 heteroatoms. The van der Waals surface area contributed by atoms with Crippen LogP contribution in [0.5, 0.6) is 0 Å². The number of carbonyl (C=O) groups is 1. The zero-order chi connectivity index (χ0) is 8.27. The molecule has 2 atom stereocenters. The molecule has 1 aliphatic heterocycles. The van der Waals surface area contributed by atoms with Crippen molar-refractivity contribution in [3.63, 3.8) is 0 Å². The van der Waals surface area contributed by atoms with E-state index < -0.39 is 0 Å². The van der Waals surface area contributed by atoms with E-state index in [1.165, 1.54) is 0 Å². The number of hydrogen-bond donors (Lipinski definition) is 0. The molecule has 0 aliphatic carbocycles. The Morgan fingerprint density at radius 2 is 2.55 bits per heavy atom. The highest BCUT2D eigenvalue weighted by molar-refractivity contribution is 5.74. The van der Waals surface area contributed by atoms with E-state index in [0.717, 1.165) is 19.3 Å². The molecule has 2 unspecified atom stereocenters. The normalized spacial score (nSPS) is 30.1. The molecule has 1 saturated heterocycles. The molecule has 0 amide bonds. The van der Waals surface area contributed by atoms with Gasteiger partial charge in [-0.15, -0.1) is 6.58 Å². The first-order chi connectivity index (χ1) is 5.27. The van der Waals surface area contributed by atoms with Crippen molar-refractivity contribution in [3.05, 3.63) is 12.7 Å². The molecule has 11 heavy (non-hydrogen) atoms. The number of ether oxygens (including phenoxy) is 1. The molecule has 0 bridgehead atoms. The van der Waals surface area contributed by atoms with Gasteiger partial charge in [0.2, 0.25) is 0 Å². The number of esters is 1. The van der Waals surface area contributed by atoms with Gasteiger partial charge in [-0.3, -0.25) is 4.79 Å². The number of carbonyl (C=O) groups excluding carboxylic acids is 1. The molecule has 1 rings (SSSR count). The number of allylic oxidation sites excluding steroid dienone is 1. The molecule has 2 nitrogen and oxygen atoms in total. The molecule has 0 N–H and O–H groups in total. The standard InChI is InChI=1S/C9H14O2/c1-3-5-7-6-8(4-2)11-9(7)10/h3,7-8H,1,4-6H2,2H3. The van der Waals surface area contributed by atoms with E-state index in [1.54, 1.807) is 6.08 Å². The van der Waals surface area contributed by atoms with E-state index >= 15 is 0 Å². The van der Waals surface area contributed by atoms with Gasteiger partial charge in [0.25, 0.3) is 0 Å². The summed E-state index contributed by atoms with van der Waals surface area (Å²) in [5.41, 5.74) is 0. The number of rotatable bonds is 3. The first kappa shape index (κ1) is 8.31. The maximum absolute atomic E-state index is 11.1. The first-order valence-corrected chi connectivity index (χ1v) is 4.09. The smallest absolute Gasteiger partial charge is 0.309 e. The topological polar surface area (TPSA) is 26.3 Å². The second-order valence-corrected chi connectivity index (χ2v) is 2.92. The highest BCUT2D eigenvalue weighted by atomic mass is 16.5. The quantitative estimate of drug-likeness (QED) is 0.458. The van der Waals surface area contributed by atoms with Crippen molar-refractivity contribution in [3.8, 4) is 0 Å². The van der Waals surface area contributed by atoms with Crippen molar-refractivity contribution in [2.75, 3.05) is 0 Å². The Labute approximate surface area is 67.2 Å². The Hall–Kier alpha value is -0.790. The molecule has 0 radical (unpaired) electrons. The maximum atomic E-state index is 11.1. The fraction of sp³-hybridized carbons (Fsp3) is 0.667. The molecule has 0 aromatic carbocycles. The number of hydrogen-bond acceptors (Lipinski definition) is 2. The third kappa shape index (κ3) is 1.82. The van der Waals surface area contributed by atoms with Crippen molar-refractivity contribution >= 4 is 5.97 Å². The average Bonchev–Trinajstić information content (AvgIpc) is 2.33. The van der Waals surface area contributed by atoms with E-state index in [9.17, 15) is 4.79 Å². The van der Waals surface area contributed by atoms with E-state index in [0.29, 0.717) is 0 Å². The van der Waals surface area contributed by atoms with Crippen LogP contribution in [0, 0.1) is 5.92 Å². The Morgan fingerprint density at radius 3 is 3.00 bits per heavy atom. The van der Waals surface area contributed by atoms with Gasteiger partial charge in [-0.1, -0.05) is 13.0 Å². The Balaban J connectivity index is 2.44. The van der Waals surface area contributed by atoms with Gasteiger partial charge in [0.1, 0.15) is 6.10 Å². The predicted molar refractivity (Wildman–Crippen MR) is 43.1 cm³/mol. The van der Waals surface area contributed by atoms with E-state index in [2.05, 4.69) is 6.58 Å². The minimum Gasteiger partial charge on any atom is -0.462 e. The van der Waals surface area contributed by atoms with Gasteiger partial charge < -0.3 is 4.74 Å². The molecular formula is C9H14O2. The van der Waals surface area contributed by atoms with Crippen LogP contribution in [0.2, 0.25) is 0 Å². The van der Waals surface area contributed by atoms with Gasteiger partial charge in [-0.2, -0.15) is 0 Å². The highest BCUT2D eigenvalue weighted by Gasteiger charge is 2.31. The molecule has 0 saturated carbocycles. The second-order valence-electron chi connectivity index (χ2n) is 2.92. The highest BCUT2D eigenvalue weighted by Crippen LogP contribution is 2.25. The zero-order valence-corrected chi connectivity index (χ0v) is 6.88. The summed E-state index contributed by atoms with van der Waals surface area (Å²) in [7, 11) is 0. The van der Waals surface area contributed by atoms with Crippen LogP contribution in [-0.2, 0) is 9.53 Å². The fourth-order valence-electron chi connectivity index (χ4n) is 1.37. The summed E-state index contributed by atoms with van der Waals surface area (Å²) >= 11 is 0. The van der Waals surface area contributed by atoms with Crippen LogP contribution in [0.25, 0.3) is 0 Å². The van der Waals surface area contributed by atoms with Crippen LogP contribution in [0.15, 0.2) is 12.7 Å². The van der Waals surface area contributed by atoms with Crippen molar-refractivity contribution in [1.82, 2.24) is 0 Å². The van der Waals surface area contributed by atoms with Crippen LogP contribution in [0.3, 0.4) is 0 Å². The summed E-state index contributed by atoms with van der Waals surface area (Å²) in [5, 5.41) is 0. The Bertz CT molecular complexity index is 163. The van der Waals surface area contributed by atoms with E-state index in [-0.39, 0.29) is 18.0 Å². The molecule has 1 aliphatic rings. The summed E-state index contributed by atoms with van der Waals surface area (Å²) in [6.45, 7) is 5.64. The summed E-state index contributed by atoms with van der Waals surface area (Å²) in [4.78, 5) is 11.1. The molecule has 62 valence electrons. The van der Waals surface area contributed by atoms with Gasteiger partial charge in [0, 0.05) is 0 Å². The molecule has 0 spiro atoms. The molecule has 0 aromatic heterocycles. The SMILES string of the molecule is C=CCC1CC(CC)OC1=O. The first-order valence-electron chi connectivity index (χ1n) is 4.09. The summed E-state index contributed by atoms with van der Waals surface area (Å²) in [6, 6.07) is 0. The maximum Gasteiger partial charge on any atom is 0.309 e. The summed E-state index contributed by atoms with van der Waals surface area (Å²) < 4.78 is 5.09. The average molecular weight is 154 g/mol. The van der Waals surface area contributed by atoms with Crippen LogP contribution < -0.4 is 0 Å². The number of cyclic esters (lactones) is 1. The van der Waals surface area contributed by atoms with Crippen molar-refractivity contribution in [2.45, 2.75) is 32.3 Å². The molecule has 0 aromatic rings. The zero-order valence-electron chi connectivity index (χ0n) is 6.88. The predicted octanol–water partition coefficient (Wildman–Crippen LogP) is 1.90. The lowest BCUT2D eigenvalue weighted by Crippen LogP contribution is -2.06. The fourth-order valence-corrected chi connectivity index (χ4v) is 1.37. The van der Waals surface area contributed by atoms with Crippen molar-refractivity contribution in [1.29, 1.82) is 0 Å². The third-order valence-corrected chi connectivity index (χ3v) is 2.07. The van der Waals surface area contributed by atoms with Gasteiger partial charge in [0.05, 0.1) is 5.92 Å². The van der Waals surface area contributed by atoms with Crippen LogP contribution in [0.1, 0.15) is 26.2 Å². The van der Waals surface area contributed by atoms with E-state index in [1.807, 2.05) is 6.92 Å². The van der Waals surface area contributed by atoms with Gasteiger partial charge in [-0.05, 0) is 19.3 Å². The van der Waals surface area contributed by atoms with Crippen LogP contribution in [-0.4, -0.2) is 12.1 Å². The monoisotopic (exact) mass is 154 g/mol. The van der Waals surface area contributed by atoms with E-state index in [4.69, 9.17) is 4.74 Å². The minimum absolute atomic E-state index is 0.0447. The summed E-state index contributed by atoms with van der Waals surface area (Å²) in [6.07, 6.45) is 4.51. The van der Waals surface area contributed by atoms with Gasteiger partial charge in [-0.25, -0.2) is 0 Å². The minimum atomic E-state index is -0.0447. The Kier molecular flexibility index (Phi) is 2.69. The van der Waals surface area contributed by atoms with Crippen molar-refractivity contribution < 1.29 is 9.53 Å². The van der Waals surface area contributed by atoms with Crippen molar-refractivity contribution in [2.24, 2.45) is 5.92 Å². The summed E-state index contributed by atoms with van der Waals surface area (Å²) in [5.74, 6) is 0.0363. The largest absolute Gasteiger partial charge is 0.462 e. The lowest BCUT2D eigenvalue weighted by Gasteiger charge is -2.01. The molecule has 1 heterocycles. The Morgan fingerprint density at radius 1 is 1.82 bits per heavy atom. The second kappa shape index (κ2) is 3.56. The lowest BCUT2D eigenvalue weighted by molar-refractivity contribution is -0.144. The third-order valence-electron chi connectivity index (χ3n) is 2.07. The lowest BCUT2D eigenvalue weighted by atomic mass is 10.0. The molecule has 1 fully saturated rings. The van der Waals surface area contributed by atoms with Crippen LogP contribution in [0.4, 0.5) is 0 Å². The van der Waals surface area contributed by atoms with Gasteiger partial charge in [0.15, 0.2) is 0 Å². The van der Waals surface area contributed by atoms with Gasteiger partial charge >= 0.3 is 5.97 Å². The van der Waals surface area contributed by atoms with Crippen LogP contribution >= 0.6 is 0 Å².